The van der Waals surface area contributed by atoms with Crippen LogP contribution in [0.4, 0.5) is 0 Å². The summed E-state index contributed by atoms with van der Waals surface area (Å²) in [6.07, 6.45) is 0.227. The molecular formula is C16H22N2O3. The van der Waals surface area contributed by atoms with Crippen molar-refractivity contribution in [2.45, 2.75) is 26.8 Å². The molecular weight excluding hydrogens is 268 g/mol. The summed E-state index contributed by atoms with van der Waals surface area (Å²) < 4.78 is 5.62. The van der Waals surface area contributed by atoms with Crippen molar-refractivity contribution in [1.82, 2.24) is 4.90 Å². The van der Waals surface area contributed by atoms with E-state index in [1.165, 1.54) is 0 Å². The average molecular weight is 290 g/mol. The third-order valence-corrected chi connectivity index (χ3v) is 3.50. The number of hydrogen-bond donors (Lipinski definition) is 1. The number of carbonyl (C=O) groups is 2. The van der Waals surface area contributed by atoms with Gasteiger partial charge in [0, 0.05) is 19.5 Å². The van der Waals surface area contributed by atoms with Crippen LogP contribution in [-0.2, 0) is 16.1 Å². The van der Waals surface area contributed by atoms with Crippen LogP contribution in [0, 0.1) is 11.8 Å². The van der Waals surface area contributed by atoms with E-state index in [1.807, 2.05) is 24.3 Å². The predicted octanol–water partition coefficient (Wildman–Crippen LogP) is 1.56. The van der Waals surface area contributed by atoms with Crippen LogP contribution in [0.5, 0.6) is 5.75 Å². The zero-order valence-corrected chi connectivity index (χ0v) is 12.5. The molecule has 0 radical (unpaired) electrons. The van der Waals surface area contributed by atoms with Gasteiger partial charge in [-0.15, -0.1) is 0 Å². The van der Waals surface area contributed by atoms with E-state index in [9.17, 15) is 9.59 Å². The molecule has 1 atom stereocenters. The Morgan fingerprint density at radius 3 is 2.57 bits per heavy atom. The van der Waals surface area contributed by atoms with Crippen molar-refractivity contribution >= 4 is 11.8 Å². The third kappa shape index (κ3) is 4.21. The van der Waals surface area contributed by atoms with Gasteiger partial charge in [-0.05, 0) is 23.6 Å². The number of likely N-dealkylation sites (tertiary alicyclic amines) is 1. The molecule has 0 saturated carbocycles. The van der Waals surface area contributed by atoms with E-state index >= 15 is 0 Å². The Hall–Kier alpha value is -2.04. The molecule has 1 aromatic carbocycles. The Morgan fingerprint density at radius 2 is 2.05 bits per heavy atom. The number of benzene rings is 1. The van der Waals surface area contributed by atoms with Crippen LogP contribution >= 0.6 is 0 Å². The van der Waals surface area contributed by atoms with E-state index in [4.69, 9.17) is 10.5 Å². The number of hydrogen-bond acceptors (Lipinski definition) is 3. The number of carbonyl (C=O) groups excluding carboxylic acids is 2. The van der Waals surface area contributed by atoms with Crippen molar-refractivity contribution in [2.24, 2.45) is 17.6 Å². The normalized spacial score (nSPS) is 18.3. The number of ether oxygens (including phenoxy) is 1. The lowest BCUT2D eigenvalue weighted by Crippen LogP contribution is -2.28. The van der Waals surface area contributed by atoms with Crippen molar-refractivity contribution in [3.8, 4) is 5.75 Å². The van der Waals surface area contributed by atoms with Crippen LogP contribution < -0.4 is 10.5 Å². The van der Waals surface area contributed by atoms with Crippen molar-refractivity contribution in [1.29, 1.82) is 0 Å². The van der Waals surface area contributed by atoms with Crippen LogP contribution in [0.25, 0.3) is 0 Å². The maximum atomic E-state index is 11.8. The summed E-state index contributed by atoms with van der Waals surface area (Å²) in [5.74, 6) is 0.543. The van der Waals surface area contributed by atoms with Crippen LogP contribution in [-0.4, -0.2) is 29.9 Å². The highest BCUT2D eigenvalue weighted by atomic mass is 16.5. The molecule has 21 heavy (non-hydrogen) atoms. The Morgan fingerprint density at radius 1 is 1.38 bits per heavy atom. The zero-order chi connectivity index (χ0) is 15.4. The van der Waals surface area contributed by atoms with Crippen molar-refractivity contribution in [3.63, 3.8) is 0 Å². The molecule has 5 heteroatoms. The summed E-state index contributed by atoms with van der Waals surface area (Å²) in [4.78, 5) is 24.7. The molecule has 1 heterocycles. The molecule has 1 unspecified atom stereocenters. The number of primary amides is 1. The molecule has 1 saturated heterocycles. The van der Waals surface area contributed by atoms with E-state index in [2.05, 4.69) is 13.8 Å². The van der Waals surface area contributed by atoms with E-state index < -0.39 is 5.91 Å². The standard InChI is InChI=1S/C16H22N2O3/c1-11(2)10-21-14-5-3-12(4-6-14)8-18-9-13(16(17)20)7-15(18)19/h3-6,11,13H,7-10H2,1-2H3,(H2,17,20). The largest absolute Gasteiger partial charge is 0.493 e. The molecule has 5 nitrogen and oxygen atoms in total. The maximum absolute atomic E-state index is 11.8. The first-order valence-corrected chi connectivity index (χ1v) is 7.24. The molecule has 1 aromatic rings. The molecule has 1 fully saturated rings. The second kappa shape index (κ2) is 6.61. The minimum absolute atomic E-state index is 0.0149. The van der Waals surface area contributed by atoms with Crippen LogP contribution in [0.3, 0.4) is 0 Å². The van der Waals surface area contributed by atoms with Crippen molar-refractivity contribution < 1.29 is 14.3 Å². The van der Waals surface area contributed by atoms with Gasteiger partial charge in [-0.3, -0.25) is 9.59 Å². The molecule has 0 aromatic heterocycles. The van der Waals surface area contributed by atoms with Gasteiger partial charge in [0.05, 0.1) is 12.5 Å². The molecule has 114 valence electrons. The lowest BCUT2D eigenvalue weighted by atomic mass is 10.1. The number of nitrogens with two attached hydrogens (primary N) is 1. The Kier molecular flexibility index (Phi) is 4.83. The summed E-state index contributed by atoms with van der Waals surface area (Å²) in [6, 6.07) is 7.70. The molecule has 1 aliphatic rings. The Labute approximate surface area is 125 Å². The monoisotopic (exact) mass is 290 g/mol. The molecule has 0 spiro atoms. The molecule has 0 aliphatic carbocycles. The van der Waals surface area contributed by atoms with Gasteiger partial charge in [-0.25, -0.2) is 0 Å². The van der Waals surface area contributed by atoms with Gasteiger partial charge in [0.25, 0.3) is 0 Å². The maximum Gasteiger partial charge on any atom is 0.223 e. The minimum Gasteiger partial charge on any atom is -0.493 e. The van der Waals surface area contributed by atoms with E-state index in [0.717, 1.165) is 11.3 Å². The van der Waals surface area contributed by atoms with E-state index in [0.29, 0.717) is 25.6 Å². The van der Waals surface area contributed by atoms with E-state index in [1.54, 1.807) is 4.90 Å². The predicted molar refractivity (Wildman–Crippen MR) is 79.5 cm³/mol. The summed E-state index contributed by atoms with van der Waals surface area (Å²) in [5, 5.41) is 0. The van der Waals surface area contributed by atoms with Crippen molar-refractivity contribution in [2.75, 3.05) is 13.2 Å². The lowest BCUT2D eigenvalue weighted by Gasteiger charge is -2.16. The summed E-state index contributed by atoms with van der Waals surface area (Å²) in [7, 11) is 0. The number of nitrogens with zero attached hydrogens (tertiary/aromatic N) is 1. The summed E-state index contributed by atoms with van der Waals surface area (Å²) in [6.45, 7) is 5.81. The second-order valence-corrected chi connectivity index (χ2v) is 5.93. The number of rotatable bonds is 6. The number of amides is 2. The smallest absolute Gasteiger partial charge is 0.223 e. The van der Waals surface area contributed by atoms with Gasteiger partial charge < -0.3 is 15.4 Å². The van der Waals surface area contributed by atoms with Gasteiger partial charge in [0.2, 0.25) is 11.8 Å². The fourth-order valence-corrected chi connectivity index (χ4v) is 2.29. The Bertz CT molecular complexity index is 511. The molecule has 2 N–H and O–H groups in total. The minimum atomic E-state index is -0.400. The summed E-state index contributed by atoms with van der Waals surface area (Å²) >= 11 is 0. The second-order valence-electron chi connectivity index (χ2n) is 5.93. The first kappa shape index (κ1) is 15.4. The third-order valence-electron chi connectivity index (χ3n) is 3.50. The fourth-order valence-electron chi connectivity index (χ4n) is 2.29. The highest BCUT2D eigenvalue weighted by molar-refractivity contribution is 5.88. The van der Waals surface area contributed by atoms with Gasteiger partial charge in [-0.2, -0.15) is 0 Å². The summed E-state index contributed by atoms with van der Waals surface area (Å²) in [5.41, 5.74) is 6.28. The van der Waals surface area contributed by atoms with Crippen molar-refractivity contribution in [3.05, 3.63) is 29.8 Å². The Balaban J connectivity index is 1.91. The van der Waals surface area contributed by atoms with Crippen LogP contribution in [0.15, 0.2) is 24.3 Å². The van der Waals surface area contributed by atoms with Gasteiger partial charge in [0.1, 0.15) is 5.75 Å². The van der Waals surface area contributed by atoms with Crippen LogP contribution in [0.1, 0.15) is 25.8 Å². The SMILES string of the molecule is CC(C)COc1ccc(CN2CC(C(N)=O)CC2=O)cc1. The highest BCUT2D eigenvalue weighted by Crippen LogP contribution is 2.21. The van der Waals surface area contributed by atoms with Gasteiger partial charge in [-0.1, -0.05) is 26.0 Å². The molecule has 1 aliphatic heterocycles. The van der Waals surface area contributed by atoms with Gasteiger partial charge in [0.15, 0.2) is 0 Å². The average Bonchev–Trinajstić information content (AvgIpc) is 2.80. The highest BCUT2D eigenvalue weighted by Gasteiger charge is 2.32. The van der Waals surface area contributed by atoms with Crippen LogP contribution in [0.2, 0.25) is 0 Å². The zero-order valence-electron chi connectivity index (χ0n) is 12.5. The molecule has 2 amide bonds. The quantitative estimate of drug-likeness (QED) is 0.864. The fraction of sp³-hybridized carbons (Fsp3) is 0.500. The molecule has 2 rings (SSSR count). The first-order valence-electron chi connectivity index (χ1n) is 7.24. The first-order chi connectivity index (χ1) is 9.95. The van der Waals surface area contributed by atoms with E-state index in [-0.39, 0.29) is 18.2 Å². The topological polar surface area (TPSA) is 72.6 Å². The lowest BCUT2D eigenvalue weighted by molar-refractivity contribution is -0.128. The molecule has 0 bridgehead atoms. The van der Waals surface area contributed by atoms with Gasteiger partial charge >= 0.3 is 0 Å².